The highest BCUT2D eigenvalue weighted by Gasteiger charge is 2.49. The second-order valence-electron chi connectivity index (χ2n) is 19.6. The Kier molecular flexibility index (Phi) is 8.87. The van der Waals surface area contributed by atoms with E-state index in [-0.39, 0.29) is 10.0 Å². The van der Waals surface area contributed by atoms with Gasteiger partial charge in [0.1, 0.15) is 11.5 Å². The normalized spacial score (nSPS) is 14.2. The predicted octanol–water partition coefficient (Wildman–Crippen LogP) is 17.9. The predicted molar refractivity (Wildman–Crippen MR) is 311 cm³/mol. The monoisotopic (exact) mass is 968 g/mol. The molecular weight excluding hydrogens is 917 g/mol. The van der Waals surface area contributed by atoms with E-state index in [1.54, 1.807) is 0 Å². The maximum Gasteiger partial charge on any atom is 0.243 e. The molecule has 10 aromatic carbocycles. The molecule has 0 amide bonds. The number of hydrogen-bond donors (Lipinski definition) is 0. The summed E-state index contributed by atoms with van der Waals surface area (Å²) in [6, 6.07) is 83.6. The van der Waals surface area contributed by atoms with Crippen LogP contribution in [0.5, 0.6) is 11.5 Å². The number of pyridine rings is 1. The first-order chi connectivity index (χ1) is 38.3. The van der Waals surface area contributed by atoms with Gasteiger partial charge in [-0.15, -0.1) is 0 Å². The van der Waals surface area contributed by atoms with Crippen molar-refractivity contribution >= 4 is 83.6 Å². The highest BCUT2D eigenvalue weighted by molar-refractivity contribution is 6.12. The lowest BCUT2D eigenvalue weighted by atomic mass is 9.97. The lowest BCUT2D eigenvalue weighted by Gasteiger charge is -2.33. The molecule has 2 aliphatic heterocycles. The molecule has 75 heavy (non-hydrogen) atoms. The fraction of sp³-hybridized carbons (Fsp3) is 0.0441. The number of hydrogen-bond acceptors (Lipinski definition) is 4. The number of aryl methyl sites for hydroxylation is 1. The largest absolute Gasteiger partial charge is 0.457 e. The molecule has 7 nitrogen and oxygen atoms in total. The number of nitrogens with zero attached hydrogens (tertiary/aromatic N) is 6. The molecule has 13 aromatic rings. The Balaban J connectivity index is 0.970. The van der Waals surface area contributed by atoms with Crippen LogP contribution in [0.4, 0.5) is 39.9 Å². The first-order valence-corrected chi connectivity index (χ1v) is 25.4. The number of anilines is 3. The molecule has 0 unspecified atom stereocenters. The van der Waals surface area contributed by atoms with Gasteiger partial charge < -0.3 is 23.7 Å². The average molecular weight is 969 g/mol. The molecule has 0 N–H and O–H groups in total. The van der Waals surface area contributed by atoms with Crippen molar-refractivity contribution in [3.63, 3.8) is 0 Å². The summed E-state index contributed by atoms with van der Waals surface area (Å²) in [4.78, 5) is 10.1. The summed E-state index contributed by atoms with van der Waals surface area (Å²) in [6.07, 6.45) is 1.82. The van der Waals surface area contributed by atoms with Gasteiger partial charge in [-0.25, -0.2) is 4.98 Å². The third kappa shape index (κ3) is 6.35. The lowest BCUT2D eigenvalue weighted by molar-refractivity contribution is 0.481. The van der Waals surface area contributed by atoms with Crippen molar-refractivity contribution in [3.8, 4) is 45.1 Å². The van der Waals surface area contributed by atoms with Crippen molar-refractivity contribution in [1.82, 2.24) is 18.6 Å². The summed E-state index contributed by atoms with van der Waals surface area (Å²) < 4.78 is 40.4. The Hall–Kier alpha value is -9.69. The van der Waals surface area contributed by atoms with E-state index in [0.29, 0.717) is 29.5 Å². The van der Waals surface area contributed by atoms with Crippen molar-refractivity contribution in [1.29, 1.82) is 0 Å². The van der Waals surface area contributed by atoms with Crippen molar-refractivity contribution in [2.45, 2.75) is 6.85 Å². The smallest absolute Gasteiger partial charge is 0.243 e. The number of quaternary nitrogens is 1. The van der Waals surface area contributed by atoms with Gasteiger partial charge in [0.05, 0.1) is 62.6 Å². The van der Waals surface area contributed by atoms with E-state index in [9.17, 15) is 4.11 Å². The quantitative estimate of drug-likeness (QED) is 0.142. The molecule has 0 fully saturated rings. The van der Waals surface area contributed by atoms with Crippen LogP contribution in [0.1, 0.15) is 9.68 Å². The summed E-state index contributed by atoms with van der Waals surface area (Å²) in [5.74, 6) is 1.86. The van der Waals surface area contributed by atoms with Gasteiger partial charge in [0, 0.05) is 92.1 Å². The molecule has 7 heteroatoms. The number of para-hydroxylation sites is 8. The number of benzene rings is 10. The zero-order chi connectivity index (χ0) is 52.3. The van der Waals surface area contributed by atoms with Crippen LogP contribution in [0.2, 0.25) is 0 Å². The summed E-state index contributed by atoms with van der Waals surface area (Å²) in [7, 11) is 2.11. The molecule has 0 radical (unpaired) electrons. The summed E-state index contributed by atoms with van der Waals surface area (Å²) in [5, 5.41) is 4.42. The number of rotatable bonds is 8. The fourth-order valence-corrected chi connectivity index (χ4v) is 12.3. The summed E-state index contributed by atoms with van der Waals surface area (Å²) >= 11 is 0. The minimum Gasteiger partial charge on any atom is -0.457 e. The lowest BCUT2D eigenvalue weighted by Crippen LogP contribution is -2.32. The number of ether oxygens (including phenoxy) is 1. The highest BCUT2D eigenvalue weighted by atomic mass is 16.5. The molecule has 356 valence electrons. The van der Waals surface area contributed by atoms with E-state index in [1.165, 1.54) is 5.69 Å². The minimum absolute atomic E-state index is 0.0120. The molecule has 3 aromatic heterocycles. The zero-order valence-corrected chi connectivity index (χ0v) is 41.0. The average Bonchev–Trinajstić information content (AvgIpc) is 4.39. The Morgan fingerprint density at radius 2 is 0.933 bits per heavy atom. The van der Waals surface area contributed by atoms with Crippen molar-refractivity contribution < 1.29 is 8.85 Å². The van der Waals surface area contributed by atoms with Crippen molar-refractivity contribution in [3.05, 3.63) is 254 Å². The molecule has 0 atom stereocenters. The Labute approximate surface area is 439 Å². The first-order valence-electron chi connectivity index (χ1n) is 26.9. The van der Waals surface area contributed by atoms with E-state index >= 15 is 0 Å². The highest BCUT2D eigenvalue weighted by Crippen LogP contribution is 2.62. The van der Waals surface area contributed by atoms with E-state index in [2.05, 4.69) is 238 Å². The zero-order valence-electron chi connectivity index (χ0n) is 44.0. The Morgan fingerprint density at radius 1 is 0.453 bits per heavy atom. The number of fused-ring (bicyclic) bond motifs is 10. The van der Waals surface area contributed by atoms with Crippen molar-refractivity contribution in [2.75, 3.05) is 23.5 Å². The van der Waals surface area contributed by atoms with Crippen LogP contribution in [0, 0.1) is 6.85 Å². The maximum absolute atomic E-state index is 9.65. The molecular formula is C68H49N6O+. The van der Waals surface area contributed by atoms with Crippen LogP contribution in [0.15, 0.2) is 249 Å². The molecule has 0 aliphatic carbocycles. The standard InChI is InChI=1S/C68H49N6O/c1-45-40-67(69-43-56(45)68-63(72-57-30-9-3-24-50(57)51-25-4-10-31-58(51)72)36-19-37-64(68)73-59-32-11-5-26-52(59)53-27-6-12-33-60(53)73)74(65-38-15-7-28-54(65)55-29-8-16-39-66(55)74)47-21-18-23-49(42-47)75-48-22-17-20-46(41-48)71-44-70(2)61-34-13-14-35-62(61)71/h3-43H,44H2,1-2H3/q+1/i1D3. The van der Waals surface area contributed by atoms with Gasteiger partial charge in [0.2, 0.25) is 5.82 Å². The van der Waals surface area contributed by atoms with Gasteiger partial charge >= 0.3 is 0 Å². The first kappa shape index (κ1) is 39.9. The molecule has 0 saturated heterocycles. The van der Waals surface area contributed by atoms with Crippen LogP contribution >= 0.6 is 0 Å². The number of aromatic nitrogens is 3. The summed E-state index contributed by atoms with van der Waals surface area (Å²) in [5.41, 5.74) is 15.3. The van der Waals surface area contributed by atoms with Crippen LogP contribution in [-0.2, 0) is 0 Å². The SMILES string of the molecule is [2H]C([2H])([2H])c1cc([N+]2(c3cccc(Oc4cccc(N5CN(C)c6ccccc65)c4)c3)c3ccccc3-c3ccccc32)ncc1-c1c(-n2c3ccccc3c3ccccc32)cccc1-n1c2ccccc2c2ccccc21. The van der Waals surface area contributed by atoms with Gasteiger partial charge in [0.15, 0.2) is 17.1 Å². The van der Waals surface area contributed by atoms with Crippen LogP contribution in [0.3, 0.4) is 0 Å². The molecule has 2 aliphatic rings. The van der Waals surface area contributed by atoms with Crippen LogP contribution < -0.4 is 19.0 Å². The Morgan fingerprint density at radius 3 is 1.52 bits per heavy atom. The van der Waals surface area contributed by atoms with E-state index in [0.717, 1.165) is 100 Å². The van der Waals surface area contributed by atoms with Gasteiger partial charge in [0.25, 0.3) is 0 Å². The second-order valence-corrected chi connectivity index (χ2v) is 19.6. The molecule has 0 spiro atoms. The van der Waals surface area contributed by atoms with E-state index < -0.39 is 6.85 Å². The third-order valence-corrected chi connectivity index (χ3v) is 15.5. The third-order valence-electron chi connectivity index (χ3n) is 15.5. The van der Waals surface area contributed by atoms with Gasteiger partial charge in [-0.05, 0) is 91.3 Å². The molecule has 15 rings (SSSR count). The van der Waals surface area contributed by atoms with E-state index in [4.69, 9.17) is 9.72 Å². The Bertz CT molecular complexity index is 4290. The maximum atomic E-state index is 9.65. The van der Waals surface area contributed by atoms with Gasteiger partial charge in [-0.3, -0.25) is 0 Å². The van der Waals surface area contributed by atoms with Gasteiger partial charge in [-0.1, -0.05) is 127 Å². The molecule has 5 heterocycles. The van der Waals surface area contributed by atoms with Crippen LogP contribution in [-0.4, -0.2) is 27.8 Å². The van der Waals surface area contributed by atoms with Gasteiger partial charge in [-0.2, -0.15) is 4.48 Å². The molecule has 0 bridgehead atoms. The second kappa shape index (κ2) is 16.7. The topological polar surface area (TPSA) is 38.5 Å². The molecule has 0 saturated carbocycles. The van der Waals surface area contributed by atoms with Crippen molar-refractivity contribution in [2.24, 2.45) is 0 Å². The van der Waals surface area contributed by atoms with E-state index in [1.807, 2.05) is 36.5 Å². The fourth-order valence-electron chi connectivity index (χ4n) is 12.3. The minimum atomic E-state index is -2.61. The van der Waals surface area contributed by atoms with Crippen LogP contribution in [0.25, 0.3) is 77.2 Å². The summed E-state index contributed by atoms with van der Waals surface area (Å²) in [6.45, 7) is -1.89.